The molecule has 30 heavy (non-hydrogen) atoms. The van der Waals surface area contributed by atoms with E-state index in [-0.39, 0.29) is 23.7 Å². The molecular formula is C22H20ClNO5S. The highest BCUT2D eigenvalue weighted by molar-refractivity contribution is 7.92. The Kier molecular flexibility index (Phi) is 6.97. The van der Waals surface area contributed by atoms with Crippen molar-refractivity contribution in [1.82, 2.24) is 0 Å². The molecule has 0 aliphatic carbocycles. The first-order valence-corrected chi connectivity index (χ1v) is 10.9. The van der Waals surface area contributed by atoms with E-state index >= 15 is 0 Å². The Morgan fingerprint density at radius 1 is 0.900 bits per heavy atom. The standard InChI is InChI=1S/C22H20ClNO5S/c1-24(18-7-3-2-4-8-18)30(26,27)19-13-11-17(12-14-19)22(25)29-16-15-28-21-10-6-5-9-20(21)23/h2-14H,15-16H2,1H3. The molecule has 0 saturated carbocycles. The predicted octanol–water partition coefficient (Wildman–Crippen LogP) is 4.40. The van der Waals surface area contributed by atoms with Gasteiger partial charge >= 0.3 is 5.97 Å². The summed E-state index contributed by atoms with van der Waals surface area (Å²) in [7, 11) is -2.26. The number of halogens is 1. The van der Waals surface area contributed by atoms with Crippen LogP contribution >= 0.6 is 11.6 Å². The smallest absolute Gasteiger partial charge is 0.338 e. The first kappa shape index (κ1) is 21.7. The minimum atomic E-state index is -3.74. The summed E-state index contributed by atoms with van der Waals surface area (Å²) < 4.78 is 37.4. The summed E-state index contributed by atoms with van der Waals surface area (Å²) in [6.45, 7) is 0.171. The molecule has 0 aromatic heterocycles. The predicted molar refractivity (Wildman–Crippen MR) is 116 cm³/mol. The average Bonchev–Trinajstić information content (AvgIpc) is 2.77. The van der Waals surface area contributed by atoms with Gasteiger partial charge in [0, 0.05) is 7.05 Å². The fraction of sp³-hybridized carbons (Fsp3) is 0.136. The Morgan fingerprint density at radius 3 is 2.20 bits per heavy atom. The lowest BCUT2D eigenvalue weighted by molar-refractivity contribution is 0.0450. The van der Waals surface area contributed by atoms with Crippen molar-refractivity contribution in [2.24, 2.45) is 0 Å². The number of hydrogen-bond donors (Lipinski definition) is 0. The zero-order chi connectivity index (χ0) is 21.6. The zero-order valence-corrected chi connectivity index (χ0v) is 17.8. The molecule has 0 unspecified atom stereocenters. The summed E-state index contributed by atoms with van der Waals surface area (Å²) in [6.07, 6.45) is 0. The molecule has 0 saturated heterocycles. The third-order valence-corrected chi connectivity index (χ3v) is 6.39. The van der Waals surface area contributed by atoms with Gasteiger partial charge in [-0.1, -0.05) is 41.9 Å². The van der Waals surface area contributed by atoms with Gasteiger partial charge in [-0.3, -0.25) is 4.31 Å². The summed E-state index contributed by atoms with van der Waals surface area (Å²) in [6, 6.07) is 21.3. The van der Waals surface area contributed by atoms with Crippen molar-refractivity contribution < 1.29 is 22.7 Å². The molecule has 6 nitrogen and oxygen atoms in total. The fourth-order valence-corrected chi connectivity index (χ4v) is 4.01. The Bertz CT molecular complexity index is 1100. The van der Waals surface area contributed by atoms with E-state index in [1.54, 1.807) is 48.5 Å². The van der Waals surface area contributed by atoms with Crippen LogP contribution in [-0.4, -0.2) is 34.6 Å². The van der Waals surface area contributed by atoms with E-state index in [1.165, 1.54) is 35.6 Å². The molecule has 3 aromatic carbocycles. The highest BCUT2D eigenvalue weighted by Gasteiger charge is 2.21. The van der Waals surface area contributed by atoms with E-state index in [1.807, 2.05) is 6.07 Å². The minimum absolute atomic E-state index is 0.0286. The number of carbonyl (C=O) groups is 1. The molecule has 0 aliphatic heterocycles. The third-order valence-electron chi connectivity index (χ3n) is 4.28. The topological polar surface area (TPSA) is 72.9 Å². The van der Waals surface area contributed by atoms with Crippen LogP contribution in [-0.2, 0) is 14.8 Å². The molecule has 0 fully saturated rings. The van der Waals surface area contributed by atoms with Gasteiger partial charge in [-0.2, -0.15) is 0 Å². The van der Waals surface area contributed by atoms with Crippen LogP contribution < -0.4 is 9.04 Å². The third kappa shape index (κ3) is 5.11. The minimum Gasteiger partial charge on any atom is -0.488 e. The number of nitrogens with zero attached hydrogens (tertiary/aromatic N) is 1. The van der Waals surface area contributed by atoms with E-state index in [2.05, 4.69) is 0 Å². The highest BCUT2D eigenvalue weighted by Crippen LogP contribution is 2.23. The van der Waals surface area contributed by atoms with E-state index in [0.717, 1.165) is 0 Å². The van der Waals surface area contributed by atoms with Gasteiger partial charge in [0.15, 0.2) is 0 Å². The maximum Gasteiger partial charge on any atom is 0.338 e. The van der Waals surface area contributed by atoms with Gasteiger partial charge in [0.2, 0.25) is 0 Å². The molecule has 0 radical (unpaired) electrons. The Hall–Kier alpha value is -3.03. The quantitative estimate of drug-likeness (QED) is 0.379. The summed E-state index contributed by atoms with van der Waals surface area (Å²) in [4.78, 5) is 12.3. The second-order valence-corrected chi connectivity index (χ2v) is 8.62. The van der Waals surface area contributed by atoms with Gasteiger partial charge in [-0.05, 0) is 48.5 Å². The molecule has 0 bridgehead atoms. The van der Waals surface area contributed by atoms with E-state index < -0.39 is 16.0 Å². The summed E-state index contributed by atoms with van der Waals surface area (Å²) in [5.74, 6) is -0.0644. The van der Waals surface area contributed by atoms with E-state index in [4.69, 9.17) is 21.1 Å². The molecular weight excluding hydrogens is 426 g/mol. The van der Waals surface area contributed by atoms with Gasteiger partial charge in [0.1, 0.15) is 19.0 Å². The Labute approximate surface area is 180 Å². The zero-order valence-electron chi connectivity index (χ0n) is 16.2. The number of sulfonamides is 1. The number of ether oxygens (including phenoxy) is 2. The summed E-state index contributed by atoms with van der Waals surface area (Å²) >= 11 is 5.99. The van der Waals surface area contributed by atoms with Gasteiger partial charge in [0.25, 0.3) is 10.0 Å². The molecule has 0 amide bonds. The monoisotopic (exact) mass is 445 g/mol. The maximum atomic E-state index is 12.8. The lowest BCUT2D eigenvalue weighted by Crippen LogP contribution is -2.26. The van der Waals surface area contributed by atoms with Gasteiger partial charge in [-0.25, -0.2) is 13.2 Å². The van der Waals surface area contributed by atoms with Crippen molar-refractivity contribution >= 4 is 33.3 Å². The second-order valence-electron chi connectivity index (χ2n) is 6.25. The van der Waals surface area contributed by atoms with Crippen molar-refractivity contribution in [3.05, 3.63) is 89.4 Å². The second kappa shape index (κ2) is 9.65. The first-order valence-electron chi connectivity index (χ1n) is 9.08. The number of para-hydroxylation sites is 2. The number of benzene rings is 3. The van der Waals surface area contributed by atoms with Crippen LogP contribution in [0, 0.1) is 0 Å². The first-order chi connectivity index (χ1) is 14.4. The van der Waals surface area contributed by atoms with Crippen LogP contribution in [0.1, 0.15) is 10.4 Å². The molecule has 8 heteroatoms. The van der Waals surface area contributed by atoms with E-state index in [0.29, 0.717) is 16.5 Å². The molecule has 0 atom stereocenters. The van der Waals surface area contributed by atoms with Crippen LogP contribution in [0.25, 0.3) is 0 Å². The molecule has 0 aliphatic rings. The van der Waals surface area contributed by atoms with E-state index in [9.17, 15) is 13.2 Å². The average molecular weight is 446 g/mol. The molecule has 156 valence electrons. The highest BCUT2D eigenvalue weighted by atomic mass is 35.5. The largest absolute Gasteiger partial charge is 0.488 e. The molecule has 0 N–H and O–H groups in total. The van der Waals surface area contributed by atoms with Gasteiger partial charge in [-0.15, -0.1) is 0 Å². The molecule has 3 aromatic rings. The molecule has 0 spiro atoms. The SMILES string of the molecule is CN(c1ccccc1)S(=O)(=O)c1ccc(C(=O)OCCOc2ccccc2Cl)cc1. The lowest BCUT2D eigenvalue weighted by atomic mass is 10.2. The van der Waals surface area contributed by atoms with Crippen LogP contribution in [0.4, 0.5) is 5.69 Å². The number of rotatable bonds is 8. The maximum absolute atomic E-state index is 12.8. The van der Waals surface area contributed by atoms with Crippen molar-refractivity contribution in [2.75, 3.05) is 24.6 Å². The fourth-order valence-electron chi connectivity index (χ4n) is 2.63. The van der Waals surface area contributed by atoms with Gasteiger partial charge in [0.05, 0.1) is 21.2 Å². The Morgan fingerprint density at radius 2 is 1.53 bits per heavy atom. The van der Waals surface area contributed by atoms with Crippen molar-refractivity contribution in [3.63, 3.8) is 0 Å². The van der Waals surface area contributed by atoms with Crippen LogP contribution in [0.3, 0.4) is 0 Å². The normalized spacial score (nSPS) is 11.0. The van der Waals surface area contributed by atoms with Crippen LogP contribution in [0.15, 0.2) is 83.8 Å². The number of esters is 1. The van der Waals surface area contributed by atoms with Crippen molar-refractivity contribution in [2.45, 2.75) is 4.90 Å². The lowest BCUT2D eigenvalue weighted by Gasteiger charge is -2.19. The van der Waals surface area contributed by atoms with Crippen molar-refractivity contribution in [1.29, 1.82) is 0 Å². The van der Waals surface area contributed by atoms with Crippen LogP contribution in [0.5, 0.6) is 5.75 Å². The van der Waals surface area contributed by atoms with Gasteiger partial charge < -0.3 is 9.47 Å². The molecule has 3 rings (SSSR count). The van der Waals surface area contributed by atoms with Crippen molar-refractivity contribution in [3.8, 4) is 5.75 Å². The van der Waals surface area contributed by atoms with Crippen LogP contribution in [0.2, 0.25) is 5.02 Å². The molecule has 0 heterocycles. The number of carbonyl (C=O) groups excluding carboxylic acids is 1. The number of hydrogen-bond acceptors (Lipinski definition) is 5. The summed E-state index contributed by atoms with van der Waals surface area (Å²) in [5, 5.41) is 0.473. The number of anilines is 1. The summed E-state index contributed by atoms with van der Waals surface area (Å²) in [5.41, 5.74) is 0.786. The Balaban J connectivity index is 1.58.